The first-order chi connectivity index (χ1) is 23.6. The average Bonchev–Trinajstić information content (AvgIpc) is 3.05. The number of aliphatic carboxylic acids is 1. The Hall–Kier alpha value is -1.71. The summed E-state index contributed by atoms with van der Waals surface area (Å²) in [4.78, 5) is 36.5. The smallest absolute Gasteiger partial charge is 0.306 e. The van der Waals surface area contributed by atoms with Gasteiger partial charge < -0.3 is 33.3 Å². The number of hydrogen-bond acceptors (Lipinski definition) is 8. The highest BCUT2D eigenvalue weighted by molar-refractivity contribution is 5.70. The van der Waals surface area contributed by atoms with E-state index in [0.717, 1.165) is 51.4 Å². The lowest BCUT2D eigenvalue weighted by Crippen LogP contribution is -2.44. The first kappa shape index (κ1) is 47.3. The van der Waals surface area contributed by atoms with Gasteiger partial charge in [-0.2, -0.15) is 0 Å². The molecular formula is C40H77NO8. The lowest BCUT2D eigenvalue weighted by molar-refractivity contribution is -0.870. The molecule has 0 aliphatic rings. The molecule has 0 aliphatic carbocycles. The lowest BCUT2D eigenvalue weighted by atomic mass is 10.0. The van der Waals surface area contributed by atoms with Gasteiger partial charge in [0.15, 0.2) is 12.4 Å². The Morgan fingerprint density at radius 2 is 0.918 bits per heavy atom. The molecule has 49 heavy (non-hydrogen) atoms. The van der Waals surface area contributed by atoms with E-state index >= 15 is 0 Å². The van der Waals surface area contributed by atoms with E-state index < -0.39 is 24.3 Å². The van der Waals surface area contributed by atoms with Crippen molar-refractivity contribution in [2.24, 2.45) is 0 Å². The summed E-state index contributed by atoms with van der Waals surface area (Å²) in [7, 11) is 5.90. The molecule has 0 rings (SSSR count). The number of hydrogen-bond donors (Lipinski definition) is 0. The van der Waals surface area contributed by atoms with E-state index in [1.165, 1.54) is 103 Å². The van der Waals surface area contributed by atoms with E-state index in [4.69, 9.17) is 18.9 Å². The van der Waals surface area contributed by atoms with Crippen molar-refractivity contribution in [1.29, 1.82) is 0 Å². The fourth-order valence-electron chi connectivity index (χ4n) is 5.65. The molecule has 0 saturated carbocycles. The summed E-state index contributed by atoms with van der Waals surface area (Å²) in [6, 6.07) is 0. The highest BCUT2D eigenvalue weighted by atomic mass is 16.7. The number of quaternary nitrogens is 1. The molecule has 0 aromatic heterocycles. The van der Waals surface area contributed by atoms with Crippen molar-refractivity contribution in [3.05, 3.63) is 0 Å². The molecular weight excluding hydrogens is 622 g/mol. The Morgan fingerprint density at radius 3 is 1.31 bits per heavy atom. The van der Waals surface area contributed by atoms with Gasteiger partial charge in [-0.05, 0) is 12.8 Å². The monoisotopic (exact) mass is 700 g/mol. The number of unbranched alkanes of at least 4 members (excludes halogenated alkanes) is 22. The second kappa shape index (κ2) is 33.4. The van der Waals surface area contributed by atoms with E-state index in [2.05, 4.69) is 13.8 Å². The molecule has 0 aromatic rings. The summed E-state index contributed by atoms with van der Waals surface area (Å²) < 4.78 is 22.3. The highest BCUT2D eigenvalue weighted by Crippen LogP contribution is 2.15. The van der Waals surface area contributed by atoms with E-state index in [1.54, 1.807) is 0 Å². The minimum absolute atomic E-state index is 0.152. The van der Waals surface area contributed by atoms with Crippen molar-refractivity contribution in [2.45, 2.75) is 193 Å². The summed E-state index contributed by atoms with van der Waals surface area (Å²) >= 11 is 0. The maximum absolute atomic E-state index is 12.6. The van der Waals surface area contributed by atoms with Crippen LogP contribution in [0.2, 0.25) is 0 Å². The number of rotatable bonds is 37. The van der Waals surface area contributed by atoms with Gasteiger partial charge in [0, 0.05) is 12.8 Å². The summed E-state index contributed by atoms with van der Waals surface area (Å²) in [6.07, 6.45) is 27.5. The van der Waals surface area contributed by atoms with Gasteiger partial charge in [-0.3, -0.25) is 9.59 Å². The maximum Gasteiger partial charge on any atom is 0.306 e. The molecule has 0 heterocycles. The van der Waals surface area contributed by atoms with Gasteiger partial charge in [-0.25, -0.2) is 0 Å². The largest absolute Gasteiger partial charge is 0.545 e. The zero-order chi connectivity index (χ0) is 36.4. The van der Waals surface area contributed by atoms with E-state index in [-0.39, 0.29) is 32.2 Å². The maximum atomic E-state index is 12.6. The Morgan fingerprint density at radius 1 is 0.531 bits per heavy atom. The number of carboxylic acid groups (broad SMARTS) is 1. The second-order valence-corrected chi connectivity index (χ2v) is 14.9. The molecule has 0 N–H and O–H groups in total. The van der Waals surface area contributed by atoms with Crippen LogP contribution in [0, 0.1) is 0 Å². The van der Waals surface area contributed by atoms with Crippen LogP contribution in [-0.4, -0.2) is 82.3 Å². The van der Waals surface area contributed by atoms with Gasteiger partial charge in [0.25, 0.3) is 0 Å². The van der Waals surface area contributed by atoms with Crippen molar-refractivity contribution in [1.82, 2.24) is 0 Å². The van der Waals surface area contributed by atoms with E-state index in [9.17, 15) is 19.5 Å². The fourth-order valence-corrected chi connectivity index (χ4v) is 5.65. The van der Waals surface area contributed by atoms with Crippen molar-refractivity contribution in [2.75, 3.05) is 47.5 Å². The molecule has 0 aliphatic heterocycles. The summed E-state index contributed by atoms with van der Waals surface area (Å²) in [5.74, 6) is -2.29. The van der Waals surface area contributed by atoms with Gasteiger partial charge in [0.1, 0.15) is 13.2 Å². The number of carbonyl (C=O) groups excluding carboxylic acids is 3. The number of carboxylic acids is 1. The number of carbonyl (C=O) groups is 3. The van der Waals surface area contributed by atoms with Crippen LogP contribution >= 0.6 is 0 Å². The first-order valence-electron chi connectivity index (χ1n) is 20.2. The number of esters is 2. The molecule has 0 bridgehead atoms. The van der Waals surface area contributed by atoms with Crippen LogP contribution in [0.15, 0.2) is 0 Å². The van der Waals surface area contributed by atoms with Crippen LogP contribution < -0.4 is 5.11 Å². The lowest BCUT2D eigenvalue weighted by Gasteiger charge is -2.26. The number of likely N-dealkylation sites (N-methyl/N-ethyl adjacent to an activating group) is 1. The summed E-state index contributed by atoms with van der Waals surface area (Å²) in [5, 5.41) is 11.6. The molecule has 0 spiro atoms. The topological polar surface area (TPSA) is 111 Å². The molecule has 2 atom stereocenters. The number of nitrogens with zero attached hydrogens (tertiary/aromatic N) is 1. The van der Waals surface area contributed by atoms with Gasteiger partial charge in [-0.1, -0.05) is 155 Å². The molecule has 290 valence electrons. The normalized spacial score (nSPS) is 12.9. The van der Waals surface area contributed by atoms with Crippen LogP contribution in [0.4, 0.5) is 0 Å². The van der Waals surface area contributed by atoms with Crippen LogP contribution in [0.3, 0.4) is 0 Å². The summed E-state index contributed by atoms with van der Waals surface area (Å²) in [5.41, 5.74) is 0. The molecule has 9 nitrogen and oxygen atoms in total. The SMILES string of the molecule is CCCCCCCCCCCCCCCCCCCCCC(=O)OC(COC(=O)CCCCCCC)COC(OCC[N+](C)(C)C)C(=O)[O-]. The second-order valence-electron chi connectivity index (χ2n) is 14.9. The Kier molecular flexibility index (Phi) is 32.3. The third-order valence-corrected chi connectivity index (χ3v) is 8.85. The van der Waals surface area contributed by atoms with E-state index in [0.29, 0.717) is 17.4 Å². The Balaban J connectivity index is 4.25. The van der Waals surface area contributed by atoms with Gasteiger partial charge in [0.2, 0.25) is 0 Å². The van der Waals surface area contributed by atoms with Crippen LogP contribution in [-0.2, 0) is 33.3 Å². The zero-order valence-corrected chi connectivity index (χ0v) is 32.6. The molecule has 0 amide bonds. The average molecular weight is 700 g/mol. The van der Waals surface area contributed by atoms with Crippen LogP contribution in [0.1, 0.15) is 181 Å². The van der Waals surface area contributed by atoms with Gasteiger partial charge >= 0.3 is 11.9 Å². The summed E-state index contributed by atoms with van der Waals surface area (Å²) in [6.45, 7) is 4.66. The fraction of sp³-hybridized carbons (Fsp3) is 0.925. The Labute approximate surface area is 301 Å². The standard InChI is InChI=1S/C40H77NO8/c1-6-8-10-12-13-14-15-16-17-18-19-20-21-22-23-24-25-27-29-31-38(43)49-36(34-47-37(42)30-28-26-11-9-7-2)35-48-40(39(44)45)46-33-32-41(3,4)5/h36,40H,6-35H2,1-5H3. The predicted octanol–water partition coefficient (Wildman–Crippen LogP) is 8.44. The first-order valence-corrected chi connectivity index (χ1v) is 20.2. The molecule has 0 fully saturated rings. The van der Waals surface area contributed by atoms with Crippen molar-refractivity contribution >= 4 is 17.9 Å². The minimum Gasteiger partial charge on any atom is -0.545 e. The third-order valence-electron chi connectivity index (χ3n) is 8.85. The van der Waals surface area contributed by atoms with Crippen LogP contribution in [0.25, 0.3) is 0 Å². The molecule has 0 saturated heterocycles. The highest BCUT2D eigenvalue weighted by Gasteiger charge is 2.21. The van der Waals surface area contributed by atoms with Crippen molar-refractivity contribution in [3.8, 4) is 0 Å². The Bertz CT molecular complexity index is 785. The molecule has 2 unspecified atom stereocenters. The quantitative estimate of drug-likeness (QED) is 0.0275. The van der Waals surface area contributed by atoms with Crippen molar-refractivity contribution < 1.29 is 42.9 Å². The van der Waals surface area contributed by atoms with E-state index in [1.807, 2.05) is 21.1 Å². The minimum atomic E-state index is -1.61. The van der Waals surface area contributed by atoms with Crippen molar-refractivity contribution in [3.63, 3.8) is 0 Å². The zero-order valence-electron chi connectivity index (χ0n) is 32.6. The van der Waals surface area contributed by atoms with Gasteiger partial charge in [0.05, 0.1) is 40.3 Å². The predicted molar refractivity (Wildman–Crippen MR) is 196 cm³/mol. The van der Waals surface area contributed by atoms with Crippen LogP contribution in [0.5, 0.6) is 0 Å². The number of ether oxygens (including phenoxy) is 4. The van der Waals surface area contributed by atoms with Gasteiger partial charge in [-0.15, -0.1) is 0 Å². The third kappa shape index (κ3) is 34.5. The molecule has 9 heteroatoms. The molecule has 0 radical (unpaired) electrons. The molecule has 0 aromatic carbocycles.